The van der Waals surface area contributed by atoms with Crippen LogP contribution >= 0.6 is 0 Å². The second-order valence-electron chi connectivity index (χ2n) is 1.95. The van der Waals surface area contributed by atoms with Gasteiger partial charge in [-0.25, -0.2) is 0 Å². The zero-order valence-electron chi connectivity index (χ0n) is 6.47. The summed E-state index contributed by atoms with van der Waals surface area (Å²) in [6.07, 6.45) is 5.73. The molecule has 0 bridgehead atoms. The largest absolute Gasteiger partial charge is 0.415 e. The van der Waals surface area contributed by atoms with Gasteiger partial charge in [0.15, 0.2) is 9.76 Å². The van der Waals surface area contributed by atoms with Gasteiger partial charge >= 0.3 is 0 Å². The summed E-state index contributed by atoms with van der Waals surface area (Å²) in [6, 6.07) is 0. The monoisotopic (exact) mass is 154 g/mol. The molecular formula is C8H14OSi. The minimum absolute atomic E-state index is 0.548. The van der Waals surface area contributed by atoms with Crippen LogP contribution in [0.3, 0.4) is 0 Å². The summed E-state index contributed by atoms with van der Waals surface area (Å²) in [7, 11) is -0.548. The highest BCUT2D eigenvalue weighted by molar-refractivity contribution is 6.39. The zero-order chi connectivity index (χ0) is 7.82. The summed E-state index contributed by atoms with van der Waals surface area (Å²) in [5, 5.41) is 1.06. The van der Waals surface area contributed by atoms with Crippen LogP contribution in [0.5, 0.6) is 0 Å². The minimum atomic E-state index is -0.548. The van der Waals surface area contributed by atoms with Gasteiger partial charge in [-0.2, -0.15) is 0 Å². The van der Waals surface area contributed by atoms with Crippen LogP contribution in [0.1, 0.15) is 6.92 Å². The number of hydrogen-bond donors (Lipinski definition) is 0. The van der Waals surface area contributed by atoms with Crippen LogP contribution in [0.4, 0.5) is 0 Å². The first-order valence-corrected chi connectivity index (χ1v) is 4.58. The molecule has 0 aromatic rings. The molecule has 0 fully saturated rings. The van der Waals surface area contributed by atoms with E-state index in [1.54, 1.807) is 6.08 Å². The fourth-order valence-electron chi connectivity index (χ4n) is 0.413. The lowest BCUT2D eigenvalue weighted by molar-refractivity contribution is 0.390. The Bertz CT molecular complexity index is 138. The van der Waals surface area contributed by atoms with Crippen molar-refractivity contribution >= 4 is 9.76 Å². The quantitative estimate of drug-likeness (QED) is 0.251. The van der Waals surface area contributed by atoms with Gasteiger partial charge in [-0.05, 0) is 12.1 Å². The molecule has 10 heavy (non-hydrogen) atoms. The smallest absolute Gasteiger partial charge is 0.192 e. The molecule has 0 aliphatic rings. The lowest BCUT2D eigenvalue weighted by Crippen LogP contribution is -1.99. The summed E-state index contributed by atoms with van der Waals surface area (Å²) in [6.45, 7) is 10.1. The molecule has 0 aromatic heterocycles. The minimum Gasteiger partial charge on any atom is -0.415 e. The molecule has 0 aliphatic carbocycles. The predicted molar refractivity (Wildman–Crippen MR) is 48.6 cm³/mol. The Morgan fingerprint density at radius 3 is 2.90 bits per heavy atom. The maximum Gasteiger partial charge on any atom is 0.192 e. The van der Waals surface area contributed by atoms with Crippen LogP contribution in [-0.2, 0) is 4.43 Å². The Hall–Kier alpha value is -0.603. The van der Waals surface area contributed by atoms with Crippen molar-refractivity contribution < 1.29 is 4.43 Å². The number of allylic oxidation sites excluding steroid dienone is 3. The van der Waals surface area contributed by atoms with Crippen LogP contribution in [-0.4, -0.2) is 16.4 Å². The van der Waals surface area contributed by atoms with Gasteiger partial charge in [-0.15, -0.1) is 0 Å². The topological polar surface area (TPSA) is 9.23 Å². The van der Waals surface area contributed by atoms with Crippen LogP contribution in [0.25, 0.3) is 0 Å². The normalized spacial score (nSPS) is 11.3. The van der Waals surface area contributed by atoms with E-state index in [2.05, 4.69) is 13.2 Å². The van der Waals surface area contributed by atoms with Gasteiger partial charge in [0.05, 0.1) is 6.61 Å². The van der Waals surface area contributed by atoms with Crippen LogP contribution in [0, 0.1) is 0 Å². The van der Waals surface area contributed by atoms with Gasteiger partial charge < -0.3 is 4.43 Å². The molecule has 2 heteroatoms. The van der Waals surface area contributed by atoms with E-state index in [9.17, 15) is 0 Å². The highest BCUT2D eigenvalue weighted by Gasteiger charge is 1.86. The van der Waals surface area contributed by atoms with Gasteiger partial charge in [0.1, 0.15) is 0 Å². The van der Waals surface area contributed by atoms with E-state index in [1.807, 2.05) is 19.1 Å². The SMILES string of the molecule is C=CC(=C)[SiH2]OCC=CC. The van der Waals surface area contributed by atoms with Gasteiger partial charge in [0.25, 0.3) is 0 Å². The molecule has 0 amide bonds. The van der Waals surface area contributed by atoms with Crippen molar-refractivity contribution in [2.75, 3.05) is 6.61 Å². The molecular weight excluding hydrogens is 140 g/mol. The average molecular weight is 154 g/mol. The molecule has 0 rings (SSSR count). The predicted octanol–water partition coefficient (Wildman–Crippen LogP) is 1.36. The highest BCUT2D eigenvalue weighted by atomic mass is 28.2. The van der Waals surface area contributed by atoms with Crippen molar-refractivity contribution in [2.24, 2.45) is 0 Å². The molecule has 0 radical (unpaired) electrons. The first-order valence-electron chi connectivity index (χ1n) is 3.30. The van der Waals surface area contributed by atoms with Crippen molar-refractivity contribution in [1.82, 2.24) is 0 Å². The van der Waals surface area contributed by atoms with E-state index in [1.165, 1.54) is 0 Å². The van der Waals surface area contributed by atoms with Crippen molar-refractivity contribution in [1.29, 1.82) is 0 Å². The third-order valence-corrected chi connectivity index (χ3v) is 2.13. The van der Waals surface area contributed by atoms with E-state index in [0.717, 1.165) is 11.8 Å². The van der Waals surface area contributed by atoms with Crippen LogP contribution in [0.2, 0.25) is 0 Å². The first-order chi connectivity index (χ1) is 4.81. The molecule has 0 saturated carbocycles. The second-order valence-corrected chi connectivity index (χ2v) is 3.55. The van der Waals surface area contributed by atoms with Crippen molar-refractivity contribution in [3.63, 3.8) is 0 Å². The van der Waals surface area contributed by atoms with Gasteiger partial charge in [0.2, 0.25) is 0 Å². The molecule has 0 saturated heterocycles. The summed E-state index contributed by atoms with van der Waals surface area (Å²) in [5.41, 5.74) is 0. The highest BCUT2D eigenvalue weighted by Crippen LogP contribution is 1.87. The molecule has 0 unspecified atom stereocenters. The van der Waals surface area contributed by atoms with E-state index in [-0.39, 0.29) is 0 Å². The summed E-state index contributed by atoms with van der Waals surface area (Å²) >= 11 is 0. The maximum absolute atomic E-state index is 5.31. The maximum atomic E-state index is 5.31. The van der Waals surface area contributed by atoms with E-state index in [4.69, 9.17) is 4.43 Å². The van der Waals surface area contributed by atoms with Crippen molar-refractivity contribution in [3.05, 3.63) is 36.6 Å². The van der Waals surface area contributed by atoms with E-state index in [0.29, 0.717) is 0 Å². The van der Waals surface area contributed by atoms with Crippen LogP contribution in [0.15, 0.2) is 36.6 Å². The Morgan fingerprint density at radius 1 is 1.70 bits per heavy atom. The lowest BCUT2D eigenvalue weighted by atomic mass is 10.6. The van der Waals surface area contributed by atoms with Crippen molar-refractivity contribution in [3.8, 4) is 0 Å². The lowest BCUT2D eigenvalue weighted by Gasteiger charge is -1.97. The average Bonchev–Trinajstić information content (AvgIpc) is 1.98. The molecule has 0 N–H and O–H groups in total. The Kier molecular flexibility index (Phi) is 6.12. The fraction of sp³-hybridized carbons (Fsp3) is 0.250. The number of rotatable bonds is 5. The van der Waals surface area contributed by atoms with Gasteiger partial charge in [0, 0.05) is 0 Å². The molecule has 0 atom stereocenters. The van der Waals surface area contributed by atoms with Crippen molar-refractivity contribution in [2.45, 2.75) is 6.92 Å². The first kappa shape index (κ1) is 9.40. The third-order valence-electron chi connectivity index (χ3n) is 1.03. The van der Waals surface area contributed by atoms with E-state index < -0.39 is 9.76 Å². The summed E-state index contributed by atoms with van der Waals surface area (Å²) in [5.74, 6) is 0. The molecule has 56 valence electrons. The molecule has 0 aromatic carbocycles. The molecule has 0 spiro atoms. The van der Waals surface area contributed by atoms with Crippen LogP contribution < -0.4 is 0 Å². The molecule has 0 aliphatic heterocycles. The molecule has 0 heterocycles. The van der Waals surface area contributed by atoms with Gasteiger partial charge in [-0.1, -0.05) is 31.4 Å². The third kappa shape index (κ3) is 5.53. The Morgan fingerprint density at radius 2 is 2.40 bits per heavy atom. The molecule has 1 nitrogen and oxygen atoms in total. The van der Waals surface area contributed by atoms with E-state index >= 15 is 0 Å². The fourth-order valence-corrected chi connectivity index (χ4v) is 1.05. The summed E-state index contributed by atoms with van der Waals surface area (Å²) < 4.78 is 5.31. The zero-order valence-corrected chi connectivity index (χ0v) is 7.88. The second kappa shape index (κ2) is 6.52. The summed E-state index contributed by atoms with van der Waals surface area (Å²) in [4.78, 5) is 0. The number of hydrogen-bond acceptors (Lipinski definition) is 1. The Labute approximate surface area is 65.0 Å². The Balaban J connectivity index is 3.19. The van der Waals surface area contributed by atoms with Gasteiger partial charge in [-0.3, -0.25) is 0 Å². The standard InChI is InChI=1S/C8H14OSi/c1-4-6-7-9-10-8(3)5-2/h4-6H,2-3,7,10H2,1H3.